The summed E-state index contributed by atoms with van der Waals surface area (Å²) in [5.74, 6) is 0.893. The van der Waals surface area contributed by atoms with Crippen LogP contribution in [0.2, 0.25) is 0 Å². The molecule has 0 bridgehead atoms. The number of carbonyl (C=O) groups is 2. The second-order valence-corrected chi connectivity index (χ2v) is 8.52. The van der Waals surface area contributed by atoms with Crippen LogP contribution in [0, 0.1) is 5.92 Å². The SMILES string of the molecule is CC1CCN(Cc2csc(NC(=O)c3cccc(OCC(=O)N(C)C)c3)n2)CC1. The van der Waals surface area contributed by atoms with Crippen molar-refractivity contribution >= 4 is 28.3 Å². The fourth-order valence-electron chi connectivity index (χ4n) is 3.06. The summed E-state index contributed by atoms with van der Waals surface area (Å²) in [5.41, 5.74) is 1.45. The zero-order valence-electron chi connectivity index (χ0n) is 17.2. The third kappa shape index (κ3) is 6.27. The van der Waals surface area contributed by atoms with Gasteiger partial charge in [0.2, 0.25) is 0 Å². The first-order chi connectivity index (χ1) is 13.9. The molecule has 1 aliphatic rings. The number of likely N-dealkylation sites (N-methyl/N-ethyl adjacent to an activating group) is 1. The third-order valence-corrected chi connectivity index (χ3v) is 5.80. The van der Waals surface area contributed by atoms with Crippen molar-refractivity contribution in [3.63, 3.8) is 0 Å². The molecule has 0 spiro atoms. The molecule has 3 rings (SSSR count). The quantitative estimate of drug-likeness (QED) is 0.751. The first-order valence-electron chi connectivity index (χ1n) is 9.82. The van der Waals surface area contributed by atoms with Crippen LogP contribution in [-0.4, -0.2) is 60.4 Å². The summed E-state index contributed by atoms with van der Waals surface area (Å²) < 4.78 is 5.48. The van der Waals surface area contributed by atoms with Crippen LogP contribution in [0.3, 0.4) is 0 Å². The molecule has 1 aliphatic heterocycles. The number of amides is 2. The highest BCUT2D eigenvalue weighted by Crippen LogP contribution is 2.22. The van der Waals surface area contributed by atoms with Crippen molar-refractivity contribution < 1.29 is 14.3 Å². The van der Waals surface area contributed by atoms with E-state index in [4.69, 9.17) is 4.74 Å². The molecule has 2 aromatic rings. The molecular formula is C21H28N4O3S. The highest BCUT2D eigenvalue weighted by molar-refractivity contribution is 7.13. The van der Waals surface area contributed by atoms with Crippen molar-refractivity contribution in [3.05, 3.63) is 40.9 Å². The maximum absolute atomic E-state index is 12.6. The van der Waals surface area contributed by atoms with Crippen LogP contribution >= 0.6 is 11.3 Å². The van der Waals surface area contributed by atoms with Gasteiger partial charge in [-0.3, -0.25) is 19.8 Å². The molecular weight excluding hydrogens is 388 g/mol. The Balaban J connectivity index is 1.54. The molecule has 2 amide bonds. The fraction of sp³-hybridized carbons (Fsp3) is 0.476. The lowest BCUT2D eigenvalue weighted by Gasteiger charge is -2.29. The molecule has 8 heteroatoms. The van der Waals surface area contributed by atoms with Gasteiger partial charge in [-0.1, -0.05) is 13.0 Å². The van der Waals surface area contributed by atoms with Crippen LogP contribution in [0.15, 0.2) is 29.6 Å². The van der Waals surface area contributed by atoms with Crippen LogP contribution in [0.5, 0.6) is 5.75 Å². The predicted molar refractivity (Wildman–Crippen MR) is 114 cm³/mol. The summed E-state index contributed by atoms with van der Waals surface area (Å²) in [6, 6.07) is 6.79. The van der Waals surface area contributed by atoms with E-state index in [1.165, 1.54) is 29.1 Å². The van der Waals surface area contributed by atoms with Gasteiger partial charge in [0.05, 0.1) is 5.69 Å². The van der Waals surface area contributed by atoms with Gasteiger partial charge in [0, 0.05) is 31.6 Å². The van der Waals surface area contributed by atoms with E-state index in [-0.39, 0.29) is 18.4 Å². The summed E-state index contributed by atoms with van der Waals surface area (Å²) in [4.78, 5) is 32.6. The Morgan fingerprint density at radius 2 is 2.07 bits per heavy atom. The molecule has 7 nitrogen and oxygen atoms in total. The number of hydrogen-bond acceptors (Lipinski definition) is 6. The van der Waals surface area contributed by atoms with Crippen LogP contribution in [-0.2, 0) is 11.3 Å². The van der Waals surface area contributed by atoms with E-state index >= 15 is 0 Å². The second kappa shape index (κ2) is 9.84. The van der Waals surface area contributed by atoms with E-state index in [2.05, 4.69) is 22.1 Å². The second-order valence-electron chi connectivity index (χ2n) is 7.66. The summed E-state index contributed by atoms with van der Waals surface area (Å²) in [6.45, 7) is 5.26. The van der Waals surface area contributed by atoms with Crippen molar-refractivity contribution in [2.24, 2.45) is 5.92 Å². The number of benzene rings is 1. The van der Waals surface area contributed by atoms with Crippen molar-refractivity contribution in [1.82, 2.24) is 14.8 Å². The first kappa shape index (κ1) is 21.3. The van der Waals surface area contributed by atoms with Gasteiger partial charge in [-0.25, -0.2) is 4.98 Å². The predicted octanol–water partition coefficient (Wildman–Crippen LogP) is 3.09. The molecule has 2 heterocycles. The normalized spacial score (nSPS) is 15.1. The molecule has 1 aromatic carbocycles. The van der Waals surface area contributed by atoms with Gasteiger partial charge in [0.15, 0.2) is 11.7 Å². The van der Waals surface area contributed by atoms with Gasteiger partial charge < -0.3 is 9.64 Å². The van der Waals surface area contributed by atoms with Crippen LogP contribution in [0.4, 0.5) is 5.13 Å². The average Bonchev–Trinajstić information content (AvgIpc) is 3.14. The minimum absolute atomic E-state index is 0.0663. The molecule has 29 heavy (non-hydrogen) atoms. The summed E-state index contributed by atoms with van der Waals surface area (Å²) >= 11 is 1.43. The number of rotatable bonds is 7. The van der Waals surface area contributed by atoms with Gasteiger partial charge in [-0.05, 0) is 50.0 Å². The molecule has 156 valence electrons. The van der Waals surface area contributed by atoms with E-state index in [0.29, 0.717) is 16.4 Å². The van der Waals surface area contributed by atoms with Crippen LogP contribution < -0.4 is 10.1 Å². The number of nitrogens with one attached hydrogen (secondary N) is 1. The highest BCUT2D eigenvalue weighted by Gasteiger charge is 2.17. The van der Waals surface area contributed by atoms with Gasteiger partial charge in [0.1, 0.15) is 5.75 Å². The lowest BCUT2D eigenvalue weighted by Crippen LogP contribution is -2.32. The largest absolute Gasteiger partial charge is 0.484 e. The number of carbonyl (C=O) groups excluding carboxylic acids is 2. The number of hydrogen-bond donors (Lipinski definition) is 1. The Bertz CT molecular complexity index is 844. The van der Waals surface area contributed by atoms with Crippen molar-refractivity contribution in [1.29, 1.82) is 0 Å². The Morgan fingerprint density at radius 1 is 1.31 bits per heavy atom. The number of aromatic nitrogens is 1. The minimum Gasteiger partial charge on any atom is -0.484 e. The number of thiazole rings is 1. The smallest absolute Gasteiger partial charge is 0.259 e. The van der Waals surface area contributed by atoms with E-state index in [1.54, 1.807) is 38.4 Å². The van der Waals surface area contributed by atoms with Crippen molar-refractivity contribution in [2.45, 2.75) is 26.3 Å². The van der Waals surface area contributed by atoms with Gasteiger partial charge in [0.25, 0.3) is 11.8 Å². The zero-order valence-corrected chi connectivity index (χ0v) is 18.0. The number of likely N-dealkylation sites (tertiary alicyclic amines) is 1. The van der Waals surface area contributed by atoms with Crippen LogP contribution in [0.1, 0.15) is 35.8 Å². The molecule has 0 radical (unpaired) electrons. The topological polar surface area (TPSA) is 74.8 Å². The Kier molecular flexibility index (Phi) is 7.22. The zero-order chi connectivity index (χ0) is 20.8. The third-order valence-electron chi connectivity index (χ3n) is 4.99. The Morgan fingerprint density at radius 3 is 2.79 bits per heavy atom. The van der Waals surface area contributed by atoms with Crippen molar-refractivity contribution in [3.8, 4) is 5.75 Å². The van der Waals surface area contributed by atoms with E-state index in [9.17, 15) is 9.59 Å². The Hall–Kier alpha value is -2.45. The van der Waals surface area contributed by atoms with Crippen LogP contribution in [0.25, 0.3) is 0 Å². The molecule has 1 aromatic heterocycles. The first-order valence-corrected chi connectivity index (χ1v) is 10.7. The number of ether oxygens (including phenoxy) is 1. The molecule has 0 unspecified atom stereocenters. The lowest BCUT2D eigenvalue weighted by atomic mass is 9.99. The van der Waals surface area contributed by atoms with E-state index in [0.717, 1.165) is 31.2 Å². The maximum atomic E-state index is 12.6. The fourth-order valence-corrected chi connectivity index (χ4v) is 3.75. The van der Waals surface area contributed by atoms with Crippen molar-refractivity contribution in [2.75, 3.05) is 39.1 Å². The highest BCUT2D eigenvalue weighted by atomic mass is 32.1. The van der Waals surface area contributed by atoms with Gasteiger partial charge in [-0.15, -0.1) is 11.3 Å². The lowest BCUT2D eigenvalue weighted by molar-refractivity contribution is -0.130. The number of nitrogens with zero attached hydrogens (tertiary/aromatic N) is 3. The molecule has 1 saturated heterocycles. The van der Waals surface area contributed by atoms with Gasteiger partial charge in [-0.2, -0.15) is 0 Å². The van der Waals surface area contributed by atoms with E-state index < -0.39 is 0 Å². The average molecular weight is 417 g/mol. The minimum atomic E-state index is -0.248. The molecule has 1 N–H and O–H groups in total. The molecule has 0 saturated carbocycles. The summed E-state index contributed by atoms with van der Waals surface area (Å²) in [5, 5.41) is 5.44. The standard InChI is InChI=1S/C21H28N4O3S/c1-15-7-9-25(10-8-15)12-17-14-29-21(22-17)23-20(27)16-5-4-6-18(11-16)28-13-19(26)24(2)3/h4-6,11,14-15H,7-10,12-13H2,1-3H3,(H,22,23,27). The molecule has 0 atom stereocenters. The molecule has 1 fully saturated rings. The summed E-state index contributed by atoms with van der Waals surface area (Å²) in [7, 11) is 3.34. The summed E-state index contributed by atoms with van der Waals surface area (Å²) in [6.07, 6.45) is 2.46. The molecule has 0 aliphatic carbocycles. The number of piperidine rings is 1. The maximum Gasteiger partial charge on any atom is 0.259 e. The monoisotopic (exact) mass is 416 g/mol. The Labute approximate surface area is 175 Å². The van der Waals surface area contributed by atoms with Gasteiger partial charge >= 0.3 is 0 Å². The number of anilines is 1. The van der Waals surface area contributed by atoms with E-state index in [1.807, 2.05) is 5.38 Å².